The van der Waals surface area contributed by atoms with E-state index in [-0.39, 0.29) is 11.5 Å². The van der Waals surface area contributed by atoms with Gasteiger partial charge in [-0.1, -0.05) is 22.0 Å². The molecule has 2 rings (SSSR count). The minimum absolute atomic E-state index is 0.274. The van der Waals surface area contributed by atoms with Gasteiger partial charge in [0.1, 0.15) is 5.82 Å². The summed E-state index contributed by atoms with van der Waals surface area (Å²) in [5.74, 6) is -2.61. The number of carbonyl (C=O) groups is 3. The molecule has 2 aromatic carbocycles. The minimum atomic E-state index is -0.951. The molecule has 0 unspecified atom stereocenters. The van der Waals surface area contributed by atoms with Gasteiger partial charge in [-0.05, 0) is 36.4 Å². The van der Waals surface area contributed by atoms with Gasteiger partial charge < -0.3 is 15.4 Å². The number of amides is 2. The molecule has 0 atom stereocenters. The fraction of sp³-hybridized carbons (Fsp3) is 0.118. The highest BCUT2D eigenvalue weighted by Gasteiger charge is 2.15. The highest BCUT2D eigenvalue weighted by atomic mass is 79.9. The first-order valence-corrected chi connectivity index (χ1v) is 7.94. The van der Waals surface area contributed by atoms with Crippen molar-refractivity contribution >= 4 is 39.4 Å². The van der Waals surface area contributed by atoms with Crippen LogP contribution < -0.4 is 10.6 Å². The van der Waals surface area contributed by atoms with Crippen molar-refractivity contribution in [3.05, 3.63) is 63.9 Å². The lowest BCUT2D eigenvalue weighted by Crippen LogP contribution is -2.22. The second-order valence-corrected chi connectivity index (χ2v) is 5.82. The van der Waals surface area contributed by atoms with E-state index in [2.05, 4.69) is 26.6 Å². The van der Waals surface area contributed by atoms with Crippen molar-refractivity contribution < 1.29 is 23.5 Å². The average molecular weight is 409 g/mol. The van der Waals surface area contributed by atoms with Gasteiger partial charge in [-0.25, -0.2) is 9.18 Å². The minimum Gasteiger partial charge on any atom is -0.452 e. The Kier molecular flexibility index (Phi) is 6.24. The van der Waals surface area contributed by atoms with Gasteiger partial charge in [0.25, 0.3) is 11.8 Å². The molecule has 0 saturated heterocycles. The summed E-state index contributed by atoms with van der Waals surface area (Å²) in [5, 5.41) is 4.96. The van der Waals surface area contributed by atoms with Gasteiger partial charge >= 0.3 is 5.97 Å². The lowest BCUT2D eigenvalue weighted by atomic mass is 10.2. The van der Waals surface area contributed by atoms with Crippen LogP contribution >= 0.6 is 15.9 Å². The number of halogens is 2. The molecule has 0 heterocycles. The molecule has 0 saturated carbocycles. The van der Waals surface area contributed by atoms with Gasteiger partial charge in [-0.2, -0.15) is 0 Å². The largest absolute Gasteiger partial charge is 0.452 e. The molecule has 2 amide bonds. The Hall–Kier alpha value is -2.74. The lowest BCUT2D eigenvalue weighted by molar-refractivity contribution is -0.119. The third kappa shape index (κ3) is 5.12. The number of hydrogen-bond donors (Lipinski definition) is 2. The first-order valence-electron chi connectivity index (χ1n) is 7.15. The summed E-state index contributed by atoms with van der Waals surface area (Å²) >= 11 is 3.13. The maximum Gasteiger partial charge on any atom is 0.341 e. The van der Waals surface area contributed by atoms with Gasteiger partial charge in [0.05, 0.1) is 5.56 Å². The molecule has 0 aliphatic heterocycles. The summed E-state index contributed by atoms with van der Waals surface area (Å²) in [5.41, 5.74) is 0.466. The Labute approximate surface area is 151 Å². The number of benzene rings is 2. The predicted molar refractivity (Wildman–Crippen MR) is 92.8 cm³/mol. The summed E-state index contributed by atoms with van der Waals surface area (Å²) in [6.07, 6.45) is 0. The van der Waals surface area contributed by atoms with E-state index < -0.39 is 24.3 Å². The number of nitrogens with one attached hydrogen (secondary N) is 2. The SMILES string of the molecule is CNC(=O)c1cccc(NC(=O)COC(=O)c2cc(Br)ccc2F)c1. The monoisotopic (exact) mass is 408 g/mol. The van der Waals surface area contributed by atoms with Crippen LogP contribution in [0, 0.1) is 5.82 Å². The fourth-order valence-electron chi connectivity index (χ4n) is 1.94. The van der Waals surface area contributed by atoms with E-state index in [1.54, 1.807) is 18.2 Å². The molecule has 0 fully saturated rings. The van der Waals surface area contributed by atoms with Crippen molar-refractivity contribution in [2.75, 3.05) is 19.0 Å². The molecule has 0 aromatic heterocycles. The van der Waals surface area contributed by atoms with Crippen LogP contribution in [0.2, 0.25) is 0 Å². The van der Waals surface area contributed by atoms with Crippen LogP contribution in [0.1, 0.15) is 20.7 Å². The summed E-state index contributed by atoms with van der Waals surface area (Å²) in [7, 11) is 1.49. The summed E-state index contributed by atoms with van der Waals surface area (Å²) in [4.78, 5) is 35.3. The quantitative estimate of drug-likeness (QED) is 0.744. The first kappa shape index (κ1) is 18.6. The number of rotatable bonds is 5. The van der Waals surface area contributed by atoms with E-state index in [0.29, 0.717) is 15.7 Å². The van der Waals surface area contributed by atoms with Crippen molar-refractivity contribution in [3.8, 4) is 0 Å². The Bertz CT molecular complexity index is 826. The Morgan fingerprint density at radius 3 is 2.64 bits per heavy atom. The van der Waals surface area contributed by atoms with Gasteiger partial charge in [-0.3, -0.25) is 9.59 Å². The normalized spacial score (nSPS) is 10.0. The van der Waals surface area contributed by atoms with E-state index in [0.717, 1.165) is 6.07 Å². The Morgan fingerprint density at radius 2 is 1.92 bits per heavy atom. The summed E-state index contributed by atoms with van der Waals surface area (Å²) < 4.78 is 18.9. The van der Waals surface area contributed by atoms with Crippen LogP contribution in [0.3, 0.4) is 0 Å². The van der Waals surface area contributed by atoms with Crippen LogP contribution in [0.15, 0.2) is 46.9 Å². The third-order valence-corrected chi connectivity index (χ3v) is 3.61. The fourth-order valence-corrected chi connectivity index (χ4v) is 2.30. The molecular weight excluding hydrogens is 395 g/mol. The van der Waals surface area contributed by atoms with Crippen LogP contribution in [0.25, 0.3) is 0 Å². The van der Waals surface area contributed by atoms with Crippen molar-refractivity contribution in [2.24, 2.45) is 0 Å². The van der Waals surface area contributed by atoms with E-state index in [4.69, 9.17) is 4.74 Å². The molecule has 0 bridgehead atoms. The molecule has 0 radical (unpaired) electrons. The van der Waals surface area contributed by atoms with Crippen LogP contribution in [-0.2, 0) is 9.53 Å². The first-order chi connectivity index (χ1) is 11.9. The lowest BCUT2D eigenvalue weighted by Gasteiger charge is -2.08. The number of carbonyl (C=O) groups excluding carboxylic acids is 3. The van der Waals surface area contributed by atoms with Crippen molar-refractivity contribution in [1.82, 2.24) is 5.32 Å². The Morgan fingerprint density at radius 1 is 1.16 bits per heavy atom. The van der Waals surface area contributed by atoms with E-state index in [1.165, 1.54) is 25.2 Å². The van der Waals surface area contributed by atoms with Crippen LogP contribution in [0.5, 0.6) is 0 Å². The zero-order valence-electron chi connectivity index (χ0n) is 13.1. The summed E-state index contributed by atoms with van der Waals surface area (Å²) in [6, 6.07) is 10.1. The predicted octanol–water partition coefficient (Wildman–Crippen LogP) is 2.74. The average Bonchev–Trinajstić information content (AvgIpc) is 2.61. The molecule has 0 aliphatic carbocycles. The van der Waals surface area contributed by atoms with Crippen LogP contribution in [0.4, 0.5) is 10.1 Å². The standard InChI is InChI=1S/C17H14BrFN2O4/c1-20-16(23)10-3-2-4-12(7-10)21-15(22)9-25-17(24)13-8-11(18)5-6-14(13)19/h2-8H,9H2,1H3,(H,20,23)(H,21,22). The molecule has 130 valence electrons. The van der Waals surface area contributed by atoms with Gasteiger partial charge in [0.15, 0.2) is 6.61 Å². The molecule has 6 nitrogen and oxygen atoms in total. The maximum atomic E-state index is 13.6. The number of hydrogen-bond acceptors (Lipinski definition) is 4. The maximum absolute atomic E-state index is 13.6. The molecule has 0 spiro atoms. The van der Waals surface area contributed by atoms with E-state index >= 15 is 0 Å². The second kappa shape index (κ2) is 8.39. The van der Waals surface area contributed by atoms with Crippen molar-refractivity contribution in [2.45, 2.75) is 0 Å². The van der Waals surface area contributed by atoms with Gasteiger partial charge in [0, 0.05) is 22.8 Å². The zero-order valence-corrected chi connectivity index (χ0v) is 14.7. The molecule has 2 N–H and O–H groups in total. The zero-order chi connectivity index (χ0) is 18.4. The van der Waals surface area contributed by atoms with E-state index in [1.807, 2.05) is 0 Å². The number of anilines is 1. The van der Waals surface area contributed by atoms with Crippen molar-refractivity contribution in [1.29, 1.82) is 0 Å². The number of esters is 1. The summed E-state index contributed by atoms with van der Waals surface area (Å²) in [6.45, 7) is -0.588. The molecular formula is C17H14BrFN2O4. The van der Waals surface area contributed by atoms with E-state index in [9.17, 15) is 18.8 Å². The van der Waals surface area contributed by atoms with Gasteiger partial charge in [0.2, 0.25) is 0 Å². The van der Waals surface area contributed by atoms with Crippen molar-refractivity contribution in [3.63, 3.8) is 0 Å². The Balaban J connectivity index is 1.96. The highest BCUT2D eigenvalue weighted by molar-refractivity contribution is 9.10. The highest BCUT2D eigenvalue weighted by Crippen LogP contribution is 2.16. The molecule has 25 heavy (non-hydrogen) atoms. The van der Waals surface area contributed by atoms with Gasteiger partial charge in [-0.15, -0.1) is 0 Å². The van der Waals surface area contributed by atoms with Crippen LogP contribution in [-0.4, -0.2) is 31.4 Å². The number of ether oxygens (including phenoxy) is 1. The smallest absolute Gasteiger partial charge is 0.341 e. The molecule has 0 aliphatic rings. The molecule has 8 heteroatoms. The molecule has 2 aromatic rings. The topological polar surface area (TPSA) is 84.5 Å². The second-order valence-electron chi connectivity index (χ2n) is 4.91. The third-order valence-electron chi connectivity index (χ3n) is 3.12.